The van der Waals surface area contributed by atoms with Gasteiger partial charge in [0.15, 0.2) is 0 Å². The largest absolute Gasteiger partial charge is 0.489 e. The average Bonchev–Trinajstić information content (AvgIpc) is 2.69. The monoisotopic (exact) mass is 350 g/mol. The van der Waals surface area contributed by atoms with Crippen LogP contribution in [0.3, 0.4) is 0 Å². The van der Waals surface area contributed by atoms with Gasteiger partial charge >= 0.3 is 0 Å². The zero-order valence-corrected chi connectivity index (χ0v) is 15.1. The molecule has 2 fully saturated rings. The normalized spacial score (nSPS) is 28.0. The van der Waals surface area contributed by atoms with Crippen molar-refractivity contribution < 1.29 is 4.74 Å². The van der Waals surface area contributed by atoms with Gasteiger partial charge in [-0.1, -0.05) is 59.3 Å². The summed E-state index contributed by atoms with van der Waals surface area (Å²) in [7, 11) is 0. The minimum Gasteiger partial charge on any atom is -0.489 e. The summed E-state index contributed by atoms with van der Waals surface area (Å²) < 4.78 is 6.56. The van der Waals surface area contributed by atoms with E-state index in [2.05, 4.69) is 48.8 Å². The van der Waals surface area contributed by atoms with Crippen LogP contribution in [0.2, 0.25) is 0 Å². The molecule has 3 rings (SSSR count). The zero-order valence-electron chi connectivity index (χ0n) is 13.5. The summed E-state index contributed by atoms with van der Waals surface area (Å²) in [6.45, 7) is 6.52. The minimum atomic E-state index is 0.389. The number of ether oxygens (including phenoxy) is 1. The molecule has 2 aliphatic rings. The number of benzene rings is 1. The highest BCUT2D eigenvalue weighted by Crippen LogP contribution is 2.56. The van der Waals surface area contributed by atoms with Crippen LogP contribution in [0.25, 0.3) is 0 Å². The number of hydrogen-bond acceptors (Lipinski definition) is 1. The van der Waals surface area contributed by atoms with Gasteiger partial charge in [0.1, 0.15) is 11.9 Å². The molecule has 2 unspecified atom stereocenters. The van der Waals surface area contributed by atoms with Crippen LogP contribution in [0.5, 0.6) is 5.75 Å². The summed E-state index contributed by atoms with van der Waals surface area (Å²) in [5.41, 5.74) is 4.29. The van der Waals surface area contributed by atoms with Gasteiger partial charge in [0, 0.05) is 10.2 Å². The Bertz CT molecular complexity index is 491. The highest BCUT2D eigenvalue weighted by Gasteiger charge is 2.55. The predicted octanol–water partition coefficient (Wildman–Crippen LogP) is 5.87. The van der Waals surface area contributed by atoms with Crippen molar-refractivity contribution in [3.05, 3.63) is 28.8 Å². The van der Waals surface area contributed by atoms with E-state index in [1.54, 1.807) is 0 Å². The van der Waals surface area contributed by atoms with Crippen molar-refractivity contribution in [2.45, 2.75) is 76.6 Å². The summed E-state index contributed by atoms with van der Waals surface area (Å²) in [6.07, 6.45) is 9.76. The average molecular weight is 351 g/mol. The van der Waals surface area contributed by atoms with Crippen molar-refractivity contribution in [1.29, 1.82) is 0 Å². The van der Waals surface area contributed by atoms with E-state index < -0.39 is 0 Å². The van der Waals surface area contributed by atoms with Gasteiger partial charge in [0.25, 0.3) is 0 Å². The molecule has 0 heterocycles. The van der Waals surface area contributed by atoms with Gasteiger partial charge < -0.3 is 4.74 Å². The van der Waals surface area contributed by atoms with Crippen molar-refractivity contribution >= 4 is 15.9 Å². The lowest BCUT2D eigenvalue weighted by molar-refractivity contribution is -0.0468. The van der Waals surface area contributed by atoms with Crippen LogP contribution in [-0.4, -0.2) is 10.9 Å². The quantitative estimate of drug-likeness (QED) is 0.606. The molecule has 0 aromatic heterocycles. The molecule has 1 aromatic rings. The Labute approximate surface area is 137 Å². The Morgan fingerprint density at radius 3 is 2.10 bits per heavy atom. The van der Waals surface area contributed by atoms with Gasteiger partial charge in [0.2, 0.25) is 0 Å². The third-order valence-electron chi connectivity index (χ3n) is 5.59. The lowest BCUT2D eigenvalue weighted by atomic mass is 9.61. The minimum absolute atomic E-state index is 0.389. The molecule has 2 atom stereocenters. The van der Waals surface area contributed by atoms with Crippen LogP contribution in [-0.2, 0) is 0 Å². The molecule has 2 saturated carbocycles. The second kappa shape index (κ2) is 5.95. The van der Waals surface area contributed by atoms with Crippen LogP contribution in [0.1, 0.15) is 61.6 Å². The van der Waals surface area contributed by atoms with E-state index in [4.69, 9.17) is 4.74 Å². The number of hydrogen-bond donors (Lipinski definition) is 0. The van der Waals surface area contributed by atoms with Crippen molar-refractivity contribution in [2.24, 2.45) is 5.41 Å². The molecule has 0 N–H and O–H groups in total. The first-order valence-electron chi connectivity index (χ1n) is 8.41. The molecule has 0 bridgehead atoms. The predicted molar refractivity (Wildman–Crippen MR) is 92.5 cm³/mol. The first-order valence-corrected chi connectivity index (χ1v) is 9.33. The molecule has 0 saturated heterocycles. The summed E-state index contributed by atoms with van der Waals surface area (Å²) >= 11 is 3.94. The zero-order chi connectivity index (χ0) is 15.0. The maximum Gasteiger partial charge on any atom is 0.125 e. The first-order chi connectivity index (χ1) is 10.0. The van der Waals surface area contributed by atoms with Gasteiger partial charge in [-0.15, -0.1) is 0 Å². The second-order valence-corrected chi connectivity index (χ2v) is 8.29. The van der Waals surface area contributed by atoms with Crippen LogP contribution in [0.15, 0.2) is 12.1 Å². The molecule has 1 nitrogen and oxygen atoms in total. The maximum atomic E-state index is 6.56. The second-order valence-electron chi connectivity index (χ2n) is 7.18. The van der Waals surface area contributed by atoms with Gasteiger partial charge in [0.05, 0.1) is 0 Å². The first kappa shape index (κ1) is 15.4. The summed E-state index contributed by atoms with van der Waals surface area (Å²) in [5.74, 6) is 1.13. The van der Waals surface area contributed by atoms with Crippen LogP contribution >= 0.6 is 15.9 Å². The lowest BCUT2D eigenvalue weighted by Gasteiger charge is -2.53. The highest BCUT2D eigenvalue weighted by molar-refractivity contribution is 9.09. The van der Waals surface area contributed by atoms with Crippen LogP contribution in [0.4, 0.5) is 0 Å². The molecule has 1 aromatic carbocycles. The fourth-order valence-electron chi connectivity index (χ4n) is 4.38. The molecule has 0 amide bonds. The van der Waals surface area contributed by atoms with E-state index in [0.717, 1.165) is 12.2 Å². The smallest absolute Gasteiger partial charge is 0.125 e. The Balaban J connectivity index is 1.82. The molecular formula is C19H27BrO. The van der Waals surface area contributed by atoms with E-state index in [1.807, 2.05) is 0 Å². The van der Waals surface area contributed by atoms with Crippen molar-refractivity contribution in [2.75, 3.05) is 0 Å². The maximum absolute atomic E-state index is 6.56. The summed E-state index contributed by atoms with van der Waals surface area (Å²) in [5, 5.41) is 0. The number of alkyl halides is 1. The van der Waals surface area contributed by atoms with E-state index in [-0.39, 0.29) is 0 Å². The molecule has 2 heteroatoms. The fourth-order valence-corrected chi connectivity index (χ4v) is 5.47. The molecule has 1 spiro atoms. The molecule has 0 aliphatic heterocycles. The lowest BCUT2D eigenvalue weighted by Crippen LogP contribution is -2.56. The highest BCUT2D eigenvalue weighted by atomic mass is 79.9. The molecule has 0 radical (unpaired) electrons. The number of halogens is 1. The van der Waals surface area contributed by atoms with Gasteiger partial charge in [-0.05, 0) is 51.2 Å². The van der Waals surface area contributed by atoms with E-state index in [1.165, 1.54) is 55.2 Å². The fraction of sp³-hybridized carbons (Fsp3) is 0.684. The number of rotatable bonds is 2. The summed E-state index contributed by atoms with van der Waals surface area (Å²) in [6, 6.07) is 4.48. The SMILES string of the molecule is Cc1cc(C)c(OC2CC(Br)C23CCCCCC3)c(C)c1. The van der Waals surface area contributed by atoms with E-state index in [0.29, 0.717) is 16.3 Å². The van der Waals surface area contributed by atoms with Crippen molar-refractivity contribution in [3.63, 3.8) is 0 Å². The van der Waals surface area contributed by atoms with Crippen molar-refractivity contribution in [3.8, 4) is 5.75 Å². The van der Waals surface area contributed by atoms with E-state index in [9.17, 15) is 0 Å². The molecular weight excluding hydrogens is 324 g/mol. The van der Waals surface area contributed by atoms with E-state index >= 15 is 0 Å². The Morgan fingerprint density at radius 2 is 1.57 bits per heavy atom. The topological polar surface area (TPSA) is 9.23 Å². The van der Waals surface area contributed by atoms with Gasteiger partial charge in [-0.25, -0.2) is 0 Å². The molecule has 116 valence electrons. The Hall–Kier alpha value is -0.500. The van der Waals surface area contributed by atoms with Crippen molar-refractivity contribution in [1.82, 2.24) is 0 Å². The molecule has 21 heavy (non-hydrogen) atoms. The standard InChI is InChI=1S/C19H27BrO/c1-13-10-14(2)18(15(3)11-13)21-17-12-16(20)19(17)8-6-4-5-7-9-19/h10-11,16-17H,4-9,12H2,1-3H3. The van der Waals surface area contributed by atoms with Crippen LogP contribution in [0, 0.1) is 26.2 Å². The van der Waals surface area contributed by atoms with Gasteiger partial charge in [-0.2, -0.15) is 0 Å². The third-order valence-corrected chi connectivity index (χ3v) is 6.87. The Morgan fingerprint density at radius 1 is 1.00 bits per heavy atom. The third kappa shape index (κ3) is 2.76. The number of aryl methyl sites for hydroxylation is 3. The van der Waals surface area contributed by atoms with Gasteiger partial charge in [-0.3, -0.25) is 0 Å². The molecule has 2 aliphatic carbocycles. The Kier molecular flexibility index (Phi) is 4.36. The summed E-state index contributed by atoms with van der Waals surface area (Å²) in [4.78, 5) is 0.652. The van der Waals surface area contributed by atoms with Crippen LogP contribution < -0.4 is 4.74 Å².